The van der Waals surface area contributed by atoms with E-state index < -0.39 is 10.0 Å². The fraction of sp³-hybridized carbons (Fsp3) is 0.375. The van der Waals surface area contributed by atoms with Crippen molar-refractivity contribution < 1.29 is 22.7 Å². The minimum Gasteiger partial charge on any atom is -0.495 e. The van der Waals surface area contributed by atoms with Crippen LogP contribution in [0, 0.1) is 0 Å². The van der Waals surface area contributed by atoms with Gasteiger partial charge in [0.25, 0.3) is 0 Å². The molecular weight excluding hydrogens is 428 g/mol. The second-order valence-electron chi connectivity index (χ2n) is 8.58. The lowest BCUT2D eigenvalue weighted by atomic mass is 9.87. The first-order valence-electron chi connectivity index (χ1n) is 10.5. The first kappa shape index (κ1) is 24.0. The van der Waals surface area contributed by atoms with Crippen LogP contribution in [-0.2, 0) is 25.0 Å². The van der Waals surface area contributed by atoms with Gasteiger partial charge >= 0.3 is 0 Å². The number of nitrogens with one attached hydrogen (secondary N) is 1. The van der Waals surface area contributed by atoms with Crippen LogP contribution < -0.4 is 10.1 Å². The van der Waals surface area contributed by atoms with Gasteiger partial charge in [-0.15, -0.1) is 0 Å². The Morgan fingerprint density at radius 2 is 1.75 bits per heavy atom. The van der Waals surface area contributed by atoms with E-state index in [9.17, 15) is 13.2 Å². The van der Waals surface area contributed by atoms with E-state index in [0.717, 1.165) is 5.56 Å². The number of methoxy groups -OCH3 is 1. The average molecular weight is 459 g/mol. The summed E-state index contributed by atoms with van der Waals surface area (Å²) in [6.45, 7) is 7.69. The van der Waals surface area contributed by atoms with Crippen molar-refractivity contribution in [1.29, 1.82) is 0 Å². The minimum absolute atomic E-state index is 0.0152. The summed E-state index contributed by atoms with van der Waals surface area (Å²) in [5.41, 5.74) is 2.55. The maximum absolute atomic E-state index is 13.1. The fourth-order valence-corrected chi connectivity index (χ4v) is 4.92. The summed E-state index contributed by atoms with van der Waals surface area (Å²) >= 11 is 0. The molecule has 0 saturated carbocycles. The van der Waals surface area contributed by atoms with Gasteiger partial charge in [0.15, 0.2) is 0 Å². The van der Waals surface area contributed by atoms with Crippen LogP contribution in [0.3, 0.4) is 0 Å². The summed E-state index contributed by atoms with van der Waals surface area (Å²) in [6.07, 6.45) is 3.14. The van der Waals surface area contributed by atoms with Crippen molar-refractivity contribution in [2.75, 3.05) is 38.7 Å². The van der Waals surface area contributed by atoms with Crippen LogP contribution in [0.5, 0.6) is 5.75 Å². The zero-order valence-corrected chi connectivity index (χ0v) is 19.7. The molecule has 0 bridgehead atoms. The van der Waals surface area contributed by atoms with Gasteiger partial charge in [-0.1, -0.05) is 45.0 Å². The third-order valence-corrected chi connectivity index (χ3v) is 7.14. The number of anilines is 1. The van der Waals surface area contributed by atoms with Gasteiger partial charge in [-0.05, 0) is 40.8 Å². The van der Waals surface area contributed by atoms with Crippen molar-refractivity contribution >= 4 is 27.7 Å². The Kier molecular flexibility index (Phi) is 7.38. The molecule has 32 heavy (non-hydrogen) atoms. The predicted molar refractivity (Wildman–Crippen MR) is 125 cm³/mol. The molecule has 1 aliphatic heterocycles. The first-order valence-corrected chi connectivity index (χ1v) is 11.9. The number of amides is 1. The number of hydrogen-bond donors (Lipinski definition) is 1. The largest absolute Gasteiger partial charge is 0.495 e. The maximum Gasteiger partial charge on any atom is 0.248 e. The number of carbonyl (C=O) groups excluding carboxylic acids is 1. The van der Waals surface area contributed by atoms with Gasteiger partial charge in [-0.3, -0.25) is 4.79 Å². The highest BCUT2D eigenvalue weighted by Crippen LogP contribution is 2.30. The highest BCUT2D eigenvalue weighted by atomic mass is 32.2. The Hall–Kier alpha value is -2.68. The Morgan fingerprint density at radius 3 is 2.34 bits per heavy atom. The van der Waals surface area contributed by atoms with Crippen molar-refractivity contribution in [3.8, 4) is 5.75 Å². The molecule has 1 saturated heterocycles. The summed E-state index contributed by atoms with van der Waals surface area (Å²) in [5, 5.41) is 2.73. The van der Waals surface area contributed by atoms with E-state index in [1.165, 1.54) is 35.2 Å². The standard InChI is InChI=1S/C24H30N2O5S/c1-24(2,3)19-8-5-18(6-9-19)7-12-23(27)25-20-10-11-21(30-4)22(17-20)32(28,29)26-13-15-31-16-14-26/h5-12,17H,13-16H2,1-4H3,(H,25,27)/b12-7+. The molecule has 1 amide bonds. The Bertz CT molecular complexity index is 1080. The molecule has 0 aromatic heterocycles. The predicted octanol–water partition coefficient (Wildman–Crippen LogP) is 3.67. The quantitative estimate of drug-likeness (QED) is 0.668. The van der Waals surface area contributed by atoms with E-state index in [4.69, 9.17) is 9.47 Å². The normalized spacial score (nSPS) is 15.6. The van der Waals surface area contributed by atoms with Crippen LogP contribution in [0.4, 0.5) is 5.69 Å². The van der Waals surface area contributed by atoms with Crippen LogP contribution in [0.2, 0.25) is 0 Å². The van der Waals surface area contributed by atoms with Gasteiger partial charge in [0.05, 0.1) is 20.3 Å². The van der Waals surface area contributed by atoms with Gasteiger partial charge in [-0.25, -0.2) is 8.42 Å². The molecule has 0 radical (unpaired) electrons. The van der Waals surface area contributed by atoms with Crippen LogP contribution >= 0.6 is 0 Å². The minimum atomic E-state index is -3.78. The molecule has 0 aliphatic carbocycles. The zero-order chi connectivity index (χ0) is 23.4. The summed E-state index contributed by atoms with van der Waals surface area (Å²) in [7, 11) is -2.36. The average Bonchev–Trinajstić information content (AvgIpc) is 2.78. The molecule has 0 spiro atoms. The maximum atomic E-state index is 13.1. The number of morpholine rings is 1. The van der Waals surface area contributed by atoms with E-state index in [0.29, 0.717) is 18.9 Å². The smallest absolute Gasteiger partial charge is 0.248 e. The number of carbonyl (C=O) groups is 1. The monoisotopic (exact) mass is 458 g/mol. The lowest BCUT2D eigenvalue weighted by Crippen LogP contribution is -2.40. The van der Waals surface area contributed by atoms with Crippen molar-refractivity contribution in [3.05, 3.63) is 59.7 Å². The van der Waals surface area contributed by atoms with Crippen LogP contribution in [0.1, 0.15) is 31.9 Å². The second-order valence-corrected chi connectivity index (χ2v) is 10.5. The Labute approximate surface area is 190 Å². The lowest BCUT2D eigenvalue weighted by Gasteiger charge is -2.26. The van der Waals surface area contributed by atoms with E-state index in [-0.39, 0.29) is 35.1 Å². The third kappa shape index (κ3) is 5.76. The van der Waals surface area contributed by atoms with Crippen LogP contribution in [-0.4, -0.2) is 52.0 Å². The molecule has 0 atom stereocenters. The number of nitrogens with zero attached hydrogens (tertiary/aromatic N) is 1. The Morgan fingerprint density at radius 1 is 1.09 bits per heavy atom. The van der Waals surface area contributed by atoms with Gasteiger partial charge in [-0.2, -0.15) is 4.31 Å². The van der Waals surface area contributed by atoms with E-state index in [1.807, 2.05) is 24.3 Å². The van der Waals surface area contributed by atoms with Crippen LogP contribution in [0.15, 0.2) is 53.4 Å². The molecule has 1 N–H and O–H groups in total. The van der Waals surface area contributed by atoms with E-state index >= 15 is 0 Å². The summed E-state index contributed by atoms with van der Waals surface area (Å²) in [5.74, 6) is -0.131. The van der Waals surface area contributed by atoms with Crippen LogP contribution in [0.25, 0.3) is 6.08 Å². The number of benzene rings is 2. The lowest BCUT2D eigenvalue weighted by molar-refractivity contribution is -0.111. The van der Waals surface area contributed by atoms with Gasteiger partial charge in [0, 0.05) is 24.9 Å². The number of ether oxygens (including phenoxy) is 2. The number of rotatable bonds is 6. The molecular formula is C24H30N2O5S. The molecule has 8 heteroatoms. The second kappa shape index (κ2) is 9.85. The van der Waals surface area contributed by atoms with Crippen molar-refractivity contribution in [1.82, 2.24) is 4.31 Å². The molecule has 0 unspecified atom stereocenters. The Balaban J connectivity index is 1.75. The topological polar surface area (TPSA) is 84.9 Å². The van der Waals surface area contributed by atoms with Crippen molar-refractivity contribution in [2.24, 2.45) is 0 Å². The van der Waals surface area contributed by atoms with E-state index in [1.54, 1.807) is 12.1 Å². The molecule has 172 valence electrons. The SMILES string of the molecule is COc1ccc(NC(=O)/C=C/c2ccc(C(C)(C)C)cc2)cc1S(=O)(=O)N1CCOCC1. The summed E-state index contributed by atoms with van der Waals surface area (Å²) in [4.78, 5) is 12.4. The molecule has 7 nitrogen and oxygen atoms in total. The van der Waals surface area contributed by atoms with E-state index in [2.05, 4.69) is 26.1 Å². The summed E-state index contributed by atoms with van der Waals surface area (Å²) in [6, 6.07) is 12.6. The third-order valence-electron chi connectivity index (χ3n) is 5.22. The highest BCUT2D eigenvalue weighted by molar-refractivity contribution is 7.89. The molecule has 1 aliphatic rings. The number of sulfonamides is 1. The van der Waals surface area contributed by atoms with Crippen molar-refractivity contribution in [3.63, 3.8) is 0 Å². The molecule has 1 fully saturated rings. The van der Waals surface area contributed by atoms with Gasteiger partial charge < -0.3 is 14.8 Å². The van der Waals surface area contributed by atoms with Crippen molar-refractivity contribution in [2.45, 2.75) is 31.1 Å². The highest BCUT2D eigenvalue weighted by Gasteiger charge is 2.29. The molecule has 3 rings (SSSR count). The van der Waals surface area contributed by atoms with Gasteiger partial charge in [0.2, 0.25) is 15.9 Å². The zero-order valence-electron chi connectivity index (χ0n) is 18.9. The number of hydrogen-bond acceptors (Lipinski definition) is 5. The molecule has 1 heterocycles. The molecule has 2 aromatic rings. The fourth-order valence-electron chi connectivity index (χ4n) is 3.33. The molecule has 2 aromatic carbocycles. The van der Waals surface area contributed by atoms with Gasteiger partial charge in [0.1, 0.15) is 10.6 Å². The summed E-state index contributed by atoms with van der Waals surface area (Å²) < 4.78 is 38.0. The first-order chi connectivity index (χ1) is 15.1.